The summed E-state index contributed by atoms with van der Waals surface area (Å²) in [5.41, 5.74) is 0. The molecule has 0 aromatic carbocycles. The number of allylic oxidation sites excluding steroid dienone is 2. The van der Waals surface area contributed by atoms with Crippen LogP contribution in [0.5, 0.6) is 0 Å². The molecule has 3 rings (SSSR count). The summed E-state index contributed by atoms with van der Waals surface area (Å²) in [4.78, 5) is -2.48. The van der Waals surface area contributed by atoms with Gasteiger partial charge in [-0.1, -0.05) is 46.4 Å². The van der Waals surface area contributed by atoms with Crippen LogP contribution in [0.1, 0.15) is 0 Å². The third-order valence-electron chi connectivity index (χ3n) is 4.01. The Labute approximate surface area is 134 Å². The maximum absolute atomic E-state index is 6.61. The predicted octanol–water partition coefficient (Wildman–Crippen LogP) is 4.07. The standard InChI is InChI=1S/C10H8Cl6O2/c11-6-7(12)9(14)5-2-18-3-17-1-4(5)8(6,13)10(9,15)16/h4-5H,1-3H2/t4-,5+,8-,9-/m0/s1. The number of alkyl halides is 4. The average molecular weight is 373 g/mol. The molecule has 2 nitrogen and oxygen atoms in total. The van der Waals surface area contributed by atoms with Gasteiger partial charge in [-0.3, -0.25) is 0 Å². The molecule has 0 N–H and O–H groups in total. The summed E-state index contributed by atoms with van der Waals surface area (Å²) in [6, 6.07) is 0. The van der Waals surface area contributed by atoms with E-state index in [-0.39, 0.29) is 28.7 Å². The number of rotatable bonds is 0. The van der Waals surface area contributed by atoms with Crippen LogP contribution >= 0.6 is 69.6 Å². The molecule has 1 heterocycles. The summed E-state index contributed by atoms with van der Waals surface area (Å²) in [6.07, 6.45) is 0. The average Bonchev–Trinajstić information content (AvgIpc) is 2.60. The van der Waals surface area contributed by atoms with Crippen molar-refractivity contribution < 1.29 is 9.47 Å². The van der Waals surface area contributed by atoms with Crippen LogP contribution in [-0.4, -0.2) is 34.1 Å². The van der Waals surface area contributed by atoms with Gasteiger partial charge in [0.2, 0.25) is 0 Å². The molecule has 0 amide bonds. The Bertz CT molecular complexity index is 402. The Morgan fingerprint density at radius 3 is 1.61 bits per heavy atom. The van der Waals surface area contributed by atoms with Crippen molar-refractivity contribution in [3.05, 3.63) is 10.1 Å². The molecule has 3 aliphatic rings. The SMILES string of the molecule is ClC1=C(Cl)[C@@]2(Cl)[C@H]3COCOC[C@H]3[C@@]1(Cl)C2(Cl)Cl. The molecule has 8 heteroatoms. The molecule has 2 aliphatic carbocycles. The molecule has 102 valence electrons. The lowest BCUT2D eigenvalue weighted by Crippen LogP contribution is -2.45. The lowest BCUT2D eigenvalue weighted by atomic mass is 9.83. The van der Waals surface area contributed by atoms with Gasteiger partial charge in [0.05, 0.1) is 23.3 Å². The first kappa shape index (κ1) is 14.3. The van der Waals surface area contributed by atoms with Gasteiger partial charge in [0, 0.05) is 11.8 Å². The van der Waals surface area contributed by atoms with Crippen LogP contribution in [-0.2, 0) is 9.47 Å². The molecule has 1 saturated heterocycles. The highest BCUT2D eigenvalue weighted by atomic mass is 35.5. The van der Waals surface area contributed by atoms with Crippen molar-refractivity contribution in [2.24, 2.45) is 11.8 Å². The van der Waals surface area contributed by atoms with Crippen LogP contribution < -0.4 is 0 Å². The van der Waals surface area contributed by atoms with Gasteiger partial charge in [0.1, 0.15) is 16.5 Å². The van der Waals surface area contributed by atoms with Crippen molar-refractivity contribution in [2.45, 2.75) is 14.1 Å². The van der Waals surface area contributed by atoms with Crippen molar-refractivity contribution >= 4 is 69.6 Å². The molecule has 0 aromatic heterocycles. The highest BCUT2D eigenvalue weighted by molar-refractivity contribution is 6.65. The summed E-state index contributed by atoms with van der Waals surface area (Å²) in [5.74, 6) is -0.492. The number of halogens is 6. The van der Waals surface area contributed by atoms with Gasteiger partial charge in [-0.15, -0.1) is 23.2 Å². The van der Waals surface area contributed by atoms with E-state index < -0.39 is 14.1 Å². The number of ether oxygens (including phenoxy) is 2. The second-order valence-electron chi connectivity index (χ2n) is 4.70. The lowest BCUT2D eigenvalue weighted by Gasteiger charge is -2.34. The van der Waals surface area contributed by atoms with Crippen LogP contribution in [0.3, 0.4) is 0 Å². The largest absolute Gasteiger partial charge is 0.355 e. The monoisotopic (exact) mass is 370 g/mol. The van der Waals surface area contributed by atoms with E-state index in [1.54, 1.807) is 0 Å². The Balaban J connectivity index is 2.21. The zero-order valence-electron chi connectivity index (χ0n) is 8.86. The molecule has 0 spiro atoms. The number of fused-ring (bicyclic) bond motifs is 5. The Hall–Kier alpha value is 1.40. The highest BCUT2D eigenvalue weighted by Crippen LogP contribution is 2.76. The Kier molecular flexibility index (Phi) is 3.35. The zero-order valence-corrected chi connectivity index (χ0v) is 13.4. The Morgan fingerprint density at radius 1 is 0.833 bits per heavy atom. The fourth-order valence-electron chi connectivity index (χ4n) is 3.08. The summed E-state index contributed by atoms with van der Waals surface area (Å²) in [5, 5.41) is 0.412. The van der Waals surface area contributed by atoms with Gasteiger partial charge in [-0.25, -0.2) is 0 Å². The summed E-state index contributed by atoms with van der Waals surface area (Å²) >= 11 is 38.5. The van der Waals surface area contributed by atoms with Crippen LogP contribution in [0.25, 0.3) is 0 Å². The normalized spacial score (nSPS) is 50.3. The third-order valence-corrected chi connectivity index (χ3v) is 8.36. The number of hydrogen-bond acceptors (Lipinski definition) is 2. The predicted molar refractivity (Wildman–Crippen MR) is 74.1 cm³/mol. The fraction of sp³-hybridized carbons (Fsp3) is 0.800. The van der Waals surface area contributed by atoms with Gasteiger partial charge < -0.3 is 9.47 Å². The molecule has 2 bridgehead atoms. The van der Waals surface area contributed by atoms with Gasteiger partial charge >= 0.3 is 0 Å². The maximum atomic E-state index is 6.61. The zero-order chi connectivity index (χ0) is 13.3. The minimum Gasteiger partial charge on any atom is -0.355 e. The summed E-state index contributed by atoms with van der Waals surface area (Å²) < 4.78 is 9.18. The van der Waals surface area contributed by atoms with Crippen LogP contribution in [0, 0.1) is 11.8 Å². The van der Waals surface area contributed by atoms with E-state index in [1.807, 2.05) is 0 Å². The van der Waals surface area contributed by atoms with Crippen LogP contribution in [0.15, 0.2) is 10.1 Å². The highest BCUT2D eigenvalue weighted by Gasteiger charge is 2.82. The van der Waals surface area contributed by atoms with Crippen molar-refractivity contribution in [1.29, 1.82) is 0 Å². The lowest BCUT2D eigenvalue weighted by molar-refractivity contribution is -0.0400. The fourth-order valence-corrected chi connectivity index (χ4v) is 6.13. The first-order chi connectivity index (χ1) is 8.29. The van der Waals surface area contributed by atoms with Gasteiger partial charge in [0.15, 0.2) is 4.33 Å². The van der Waals surface area contributed by atoms with Crippen LogP contribution in [0.4, 0.5) is 0 Å². The van der Waals surface area contributed by atoms with E-state index in [0.717, 1.165) is 0 Å². The molecule has 0 radical (unpaired) electrons. The summed E-state index contributed by atoms with van der Waals surface area (Å²) in [6.45, 7) is 0.828. The van der Waals surface area contributed by atoms with Crippen LogP contribution in [0.2, 0.25) is 0 Å². The smallest absolute Gasteiger partial charge is 0.167 e. The molecular formula is C10H8Cl6O2. The Morgan fingerprint density at radius 2 is 1.22 bits per heavy atom. The van der Waals surface area contributed by atoms with E-state index in [0.29, 0.717) is 13.2 Å². The second kappa shape index (κ2) is 4.20. The van der Waals surface area contributed by atoms with Crippen molar-refractivity contribution in [3.8, 4) is 0 Å². The second-order valence-corrected chi connectivity index (χ2v) is 7.97. The van der Waals surface area contributed by atoms with Gasteiger partial charge in [-0.05, 0) is 0 Å². The van der Waals surface area contributed by atoms with Gasteiger partial charge in [-0.2, -0.15) is 0 Å². The topological polar surface area (TPSA) is 18.5 Å². The molecular weight excluding hydrogens is 365 g/mol. The maximum Gasteiger partial charge on any atom is 0.167 e. The molecule has 1 saturated carbocycles. The third kappa shape index (κ3) is 1.33. The number of hydrogen-bond donors (Lipinski definition) is 0. The van der Waals surface area contributed by atoms with E-state index in [4.69, 9.17) is 79.1 Å². The molecule has 0 unspecified atom stereocenters. The van der Waals surface area contributed by atoms with E-state index >= 15 is 0 Å². The quantitative estimate of drug-likeness (QED) is 0.597. The molecule has 4 atom stereocenters. The molecule has 2 fully saturated rings. The first-order valence-electron chi connectivity index (χ1n) is 5.27. The minimum atomic E-state index is -1.50. The van der Waals surface area contributed by atoms with Gasteiger partial charge in [0.25, 0.3) is 0 Å². The van der Waals surface area contributed by atoms with E-state index in [9.17, 15) is 0 Å². The minimum absolute atomic E-state index is 0.180. The van der Waals surface area contributed by atoms with E-state index in [2.05, 4.69) is 0 Å². The molecule has 1 aliphatic heterocycles. The first-order valence-corrected chi connectivity index (χ1v) is 7.53. The van der Waals surface area contributed by atoms with Crippen molar-refractivity contribution in [2.75, 3.05) is 20.0 Å². The summed E-state index contributed by atoms with van der Waals surface area (Å²) in [7, 11) is 0. The van der Waals surface area contributed by atoms with Crippen molar-refractivity contribution in [3.63, 3.8) is 0 Å². The molecule has 18 heavy (non-hydrogen) atoms. The molecule has 0 aromatic rings. The van der Waals surface area contributed by atoms with Crippen molar-refractivity contribution in [1.82, 2.24) is 0 Å². The van der Waals surface area contributed by atoms with E-state index in [1.165, 1.54) is 0 Å².